The SMILES string of the molecule is CC1COC(CO)CN1C(=O)[C@@H](N)Cc1ccc(O)cc1. The zero-order valence-electron chi connectivity index (χ0n) is 12.1. The molecule has 1 amide bonds. The zero-order valence-corrected chi connectivity index (χ0v) is 12.1. The molecule has 0 bridgehead atoms. The molecule has 0 spiro atoms. The summed E-state index contributed by atoms with van der Waals surface area (Å²) < 4.78 is 5.42. The van der Waals surface area contributed by atoms with Crippen LogP contribution in [-0.2, 0) is 16.0 Å². The summed E-state index contributed by atoms with van der Waals surface area (Å²) in [5.74, 6) is 0.0450. The van der Waals surface area contributed by atoms with E-state index in [1.165, 1.54) is 0 Å². The monoisotopic (exact) mass is 294 g/mol. The van der Waals surface area contributed by atoms with Crippen LogP contribution < -0.4 is 5.73 Å². The number of phenols is 1. The number of amides is 1. The van der Waals surface area contributed by atoms with Crippen molar-refractivity contribution in [3.8, 4) is 5.75 Å². The van der Waals surface area contributed by atoms with Crippen LogP contribution in [0.1, 0.15) is 12.5 Å². The first-order chi connectivity index (χ1) is 10.0. The Morgan fingerprint density at radius 2 is 2.14 bits per heavy atom. The normalized spacial score (nSPS) is 23.9. The lowest BCUT2D eigenvalue weighted by atomic mass is 10.0. The first-order valence-corrected chi connectivity index (χ1v) is 7.07. The lowest BCUT2D eigenvalue weighted by molar-refractivity contribution is -0.147. The van der Waals surface area contributed by atoms with E-state index in [-0.39, 0.29) is 30.4 Å². The Bertz CT molecular complexity index is 477. The Balaban J connectivity index is 1.99. The van der Waals surface area contributed by atoms with Crippen LogP contribution in [0.5, 0.6) is 5.75 Å². The van der Waals surface area contributed by atoms with E-state index in [1.54, 1.807) is 29.2 Å². The van der Waals surface area contributed by atoms with Crippen molar-refractivity contribution in [3.63, 3.8) is 0 Å². The molecule has 1 aromatic carbocycles. The molecular formula is C15H22N2O4. The van der Waals surface area contributed by atoms with Gasteiger partial charge in [0.05, 0.1) is 31.4 Å². The maximum absolute atomic E-state index is 12.5. The minimum absolute atomic E-state index is 0.0498. The van der Waals surface area contributed by atoms with Gasteiger partial charge in [-0.1, -0.05) is 12.1 Å². The van der Waals surface area contributed by atoms with Crippen molar-refractivity contribution in [1.82, 2.24) is 4.90 Å². The first kappa shape index (κ1) is 15.8. The molecule has 0 saturated carbocycles. The van der Waals surface area contributed by atoms with Gasteiger partial charge in [-0.3, -0.25) is 4.79 Å². The van der Waals surface area contributed by atoms with Crippen molar-refractivity contribution in [1.29, 1.82) is 0 Å². The number of ether oxygens (including phenoxy) is 1. The van der Waals surface area contributed by atoms with Crippen molar-refractivity contribution >= 4 is 5.91 Å². The lowest BCUT2D eigenvalue weighted by Crippen LogP contribution is -2.56. The molecule has 2 unspecified atom stereocenters. The molecular weight excluding hydrogens is 272 g/mol. The van der Waals surface area contributed by atoms with E-state index in [9.17, 15) is 9.90 Å². The van der Waals surface area contributed by atoms with Gasteiger partial charge in [0, 0.05) is 6.54 Å². The van der Waals surface area contributed by atoms with Gasteiger partial charge in [0.1, 0.15) is 5.75 Å². The van der Waals surface area contributed by atoms with E-state index >= 15 is 0 Å². The van der Waals surface area contributed by atoms with Crippen LogP contribution in [0.2, 0.25) is 0 Å². The Morgan fingerprint density at radius 3 is 2.76 bits per heavy atom. The van der Waals surface area contributed by atoms with Crippen molar-refractivity contribution < 1.29 is 19.7 Å². The third kappa shape index (κ3) is 3.93. The summed E-state index contributed by atoms with van der Waals surface area (Å²) in [4.78, 5) is 14.1. The number of aliphatic hydroxyl groups excluding tert-OH is 1. The Kier molecular flexibility index (Phi) is 5.17. The Labute approximate surface area is 124 Å². The topological polar surface area (TPSA) is 96.0 Å². The van der Waals surface area contributed by atoms with Crippen molar-refractivity contribution in [2.75, 3.05) is 19.8 Å². The summed E-state index contributed by atoms with van der Waals surface area (Å²) in [6.45, 7) is 2.56. The fourth-order valence-corrected chi connectivity index (χ4v) is 2.42. The van der Waals surface area contributed by atoms with Gasteiger partial charge < -0.3 is 25.6 Å². The molecule has 3 atom stereocenters. The minimum Gasteiger partial charge on any atom is -0.508 e. The molecule has 2 rings (SSSR count). The standard InChI is InChI=1S/C15H22N2O4/c1-10-9-21-13(8-18)7-17(10)15(20)14(16)6-11-2-4-12(19)5-3-11/h2-5,10,13-14,18-19H,6-9,16H2,1H3/t10?,13?,14-/m0/s1. The first-order valence-electron chi connectivity index (χ1n) is 7.07. The predicted molar refractivity (Wildman–Crippen MR) is 77.8 cm³/mol. The van der Waals surface area contributed by atoms with E-state index in [0.717, 1.165) is 5.56 Å². The molecule has 4 N–H and O–H groups in total. The molecule has 116 valence electrons. The van der Waals surface area contributed by atoms with Gasteiger partial charge in [-0.15, -0.1) is 0 Å². The molecule has 0 aliphatic carbocycles. The van der Waals surface area contributed by atoms with Crippen LogP contribution in [0.3, 0.4) is 0 Å². The molecule has 1 aliphatic heterocycles. The van der Waals surface area contributed by atoms with Crippen LogP contribution >= 0.6 is 0 Å². The van der Waals surface area contributed by atoms with Gasteiger partial charge in [0.2, 0.25) is 5.91 Å². The number of morpholine rings is 1. The second-order valence-corrected chi connectivity index (χ2v) is 5.45. The third-order valence-electron chi connectivity index (χ3n) is 3.70. The molecule has 1 fully saturated rings. The zero-order chi connectivity index (χ0) is 15.4. The van der Waals surface area contributed by atoms with Crippen LogP contribution in [-0.4, -0.2) is 59.0 Å². The van der Waals surface area contributed by atoms with Gasteiger partial charge in [-0.05, 0) is 31.0 Å². The highest BCUT2D eigenvalue weighted by molar-refractivity contribution is 5.82. The number of aromatic hydroxyl groups is 1. The van der Waals surface area contributed by atoms with Gasteiger partial charge in [-0.25, -0.2) is 0 Å². The van der Waals surface area contributed by atoms with Crippen molar-refractivity contribution in [2.24, 2.45) is 5.73 Å². The number of carbonyl (C=O) groups is 1. The molecule has 6 nitrogen and oxygen atoms in total. The van der Waals surface area contributed by atoms with Crippen LogP contribution in [0, 0.1) is 0 Å². The number of phenolic OH excluding ortho intramolecular Hbond substituents is 1. The van der Waals surface area contributed by atoms with E-state index in [2.05, 4.69) is 0 Å². The predicted octanol–water partition coefficient (Wildman–Crippen LogP) is -0.130. The molecule has 1 aromatic rings. The van der Waals surface area contributed by atoms with E-state index in [0.29, 0.717) is 19.6 Å². The maximum Gasteiger partial charge on any atom is 0.240 e. The quantitative estimate of drug-likeness (QED) is 0.719. The smallest absolute Gasteiger partial charge is 0.240 e. The van der Waals surface area contributed by atoms with E-state index in [1.807, 2.05) is 6.92 Å². The van der Waals surface area contributed by atoms with Crippen LogP contribution in [0.25, 0.3) is 0 Å². The molecule has 1 aliphatic rings. The van der Waals surface area contributed by atoms with Crippen molar-refractivity contribution in [3.05, 3.63) is 29.8 Å². The van der Waals surface area contributed by atoms with Crippen molar-refractivity contribution in [2.45, 2.75) is 31.5 Å². The summed E-state index contributed by atoms with van der Waals surface area (Å²) in [5.41, 5.74) is 6.91. The average molecular weight is 294 g/mol. The Hall–Kier alpha value is -1.63. The number of carbonyl (C=O) groups excluding carboxylic acids is 1. The van der Waals surface area contributed by atoms with E-state index < -0.39 is 6.04 Å². The summed E-state index contributed by atoms with van der Waals surface area (Å²) in [6, 6.07) is 5.96. The number of benzene rings is 1. The third-order valence-corrected chi connectivity index (χ3v) is 3.70. The van der Waals surface area contributed by atoms with Gasteiger partial charge in [0.25, 0.3) is 0 Å². The maximum atomic E-state index is 12.5. The molecule has 0 radical (unpaired) electrons. The fourth-order valence-electron chi connectivity index (χ4n) is 2.42. The van der Waals surface area contributed by atoms with Gasteiger partial charge >= 0.3 is 0 Å². The number of rotatable bonds is 4. The molecule has 6 heteroatoms. The van der Waals surface area contributed by atoms with Gasteiger partial charge in [-0.2, -0.15) is 0 Å². The molecule has 21 heavy (non-hydrogen) atoms. The molecule has 1 saturated heterocycles. The number of nitrogens with two attached hydrogens (primary N) is 1. The minimum atomic E-state index is -0.644. The Morgan fingerprint density at radius 1 is 1.48 bits per heavy atom. The number of hydrogen-bond donors (Lipinski definition) is 3. The number of nitrogens with zero attached hydrogens (tertiary/aromatic N) is 1. The second-order valence-electron chi connectivity index (χ2n) is 5.45. The molecule has 0 aromatic heterocycles. The average Bonchev–Trinajstić information content (AvgIpc) is 2.49. The summed E-state index contributed by atoms with van der Waals surface area (Å²) in [7, 11) is 0. The largest absolute Gasteiger partial charge is 0.508 e. The van der Waals surface area contributed by atoms with E-state index in [4.69, 9.17) is 15.6 Å². The van der Waals surface area contributed by atoms with Gasteiger partial charge in [0.15, 0.2) is 0 Å². The second kappa shape index (κ2) is 6.89. The highest BCUT2D eigenvalue weighted by Gasteiger charge is 2.31. The number of hydrogen-bond acceptors (Lipinski definition) is 5. The lowest BCUT2D eigenvalue weighted by Gasteiger charge is -2.38. The fraction of sp³-hybridized carbons (Fsp3) is 0.533. The highest BCUT2D eigenvalue weighted by Crippen LogP contribution is 2.15. The van der Waals surface area contributed by atoms with Crippen LogP contribution in [0.4, 0.5) is 0 Å². The summed E-state index contributed by atoms with van der Waals surface area (Å²) in [6.07, 6.45) is 0.0681. The summed E-state index contributed by atoms with van der Waals surface area (Å²) in [5, 5.41) is 18.4. The number of aliphatic hydroxyl groups is 1. The van der Waals surface area contributed by atoms with Crippen LogP contribution in [0.15, 0.2) is 24.3 Å². The molecule has 1 heterocycles. The highest BCUT2D eigenvalue weighted by atomic mass is 16.5. The summed E-state index contributed by atoms with van der Waals surface area (Å²) >= 11 is 0.